The first-order valence-corrected chi connectivity index (χ1v) is 7.84. The Hall–Kier alpha value is -1.63. The second-order valence-electron chi connectivity index (χ2n) is 5.84. The van der Waals surface area contributed by atoms with Crippen LogP contribution < -0.4 is 15.1 Å². The summed E-state index contributed by atoms with van der Waals surface area (Å²) < 4.78 is 0. The van der Waals surface area contributed by atoms with Gasteiger partial charge in [-0.15, -0.1) is 0 Å². The van der Waals surface area contributed by atoms with Crippen molar-refractivity contribution < 1.29 is 5.11 Å². The van der Waals surface area contributed by atoms with Gasteiger partial charge in [0.25, 0.3) is 0 Å². The molecule has 3 heterocycles. The molecule has 0 bridgehead atoms. The van der Waals surface area contributed by atoms with E-state index in [-0.39, 0.29) is 6.61 Å². The number of nitrogens with zero attached hydrogens (tertiary/aromatic N) is 5. The van der Waals surface area contributed by atoms with Crippen molar-refractivity contribution in [3.05, 3.63) is 0 Å². The van der Waals surface area contributed by atoms with Crippen LogP contribution in [0.3, 0.4) is 0 Å². The van der Waals surface area contributed by atoms with Crippen molar-refractivity contribution in [2.24, 2.45) is 5.92 Å². The van der Waals surface area contributed by atoms with Gasteiger partial charge in [0.2, 0.25) is 17.8 Å². The molecule has 0 spiro atoms. The first-order valence-electron chi connectivity index (χ1n) is 7.84. The fourth-order valence-corrected chi connectivity index (χ4v) is 3.06. The highest BCUT2D eigenvalue weighted by atomic mass is 16.3. The number of rotatable bonds is 4. The molecule has 21 heavy (non-hydrogen) atoms. The lowest BCUT2D eigenvalue weighted by atomic mass is 9.99. The lowest BCUT2D eigenvalue weighted by Crippen LogP contribution is -2.38. The van der Waals surface area contributed by atoms with E-state index in [1.165, 1.54) is 12.8 Å². The van der Waals surface area contributed by atoms with Crippen molar-refractivity contribution in [1.82, 2.24) is 15.0 Å². The summed E-state index contributed by atoms with van der Waals surface area (Å²) in [5, 5.41) is 12.4. The second-order valence-corrected chi connectivity index (χ2v) is 5.84. The van der Waals surface area contributed by atoms with E-state index in [1.54, 1.807) is 0 Å². The highest BCUT2D eigenvalue weighted by molar-refractivity contribution is 5.45. The molecule has 1 aromatic rings. The molecule has 7 heteroatoms. The van der Waals surface area contributed by atoms with Crippen molar-refractivity contribution in [2.75, 3.05) is 55.0 Å². The summed E-state index contributed by atoms with van der Waals surface area (Å²) in [6, 6.07) is 0. The van der Waals surface area contributed by atoms with Gasteiger partial charge in [0.05, 0.1) is 0 Å². The van der Waals surface area contributed by atoms with Crippen LogP contribution in [0.2, 0.25) is 0 Å². The molecule has 1 atom stereocenters. The van der Waals surface area contributed by atoms with Gasteiger partial charge >= 0.3 is 0 Å². The number of piperidine rings is 1. The van der Waals surface area contributed by atoms with E-state index in [1.807, 2.05) is 7.05 Å². The Kier molecular flexibility index (Phi) is 4.38. The minimum atomic E-state index is 0.236. The molecule has 0 radical (unpaired) electrons. The molecule has 3 rings (SSSR count). The van der Waals surface area contributed by atoms with E-state index in [0.717, 1.165) is 50.9 Å². The third kappa shape index (κ3) is 3.18. The second kappa shape index (κ2) is 6.43. The van der Waals surface area contributed by atoms with Gasteiger partial charge in [-0.1, -0.05) is 0 Å². The zero-order valence-electron chi connectivity index (χ0n) is 12.6. The molecule has 0 aliphatic carbocycles. The van der Waals surface area contributed by atoms with Gasteiger partial charge in [-0.25, -0.2) is 0 Å². The van der Waals surface area contributed by atoms with Crippen LogP contribution in [0, 0.1) is 5.92 Å². The van der Waals surface area contributed by atoms with Gasteiger partial charge in [-0.2, -0.15) is 15.0 Å². The predicted octanol–water partition coefficient (Wildman–Crippen LogP) is 0.722. The van der Waals surface area contributed by atoms with Crippen LogP contribution in [0.5, 0.6) is 0 Å². The Morgan fingerprint density at radius 3 is 2.38 bits per heavy atom. The molecule has 0 saturated carbocycles. The maximum absolute atomic E-state index is 9.38. The molecule has 0 aromatic carbocycles. The standard InChI is InChI=1S/C14H24N6O/c1-15-12-16-13(19-6-2-3-7-19)18-14(17-12)20-8-4-5-11(9-20)10-21/h11,21H,2-10H2,1H3,(H,15,16,17,18). The minimum Gasteiger partial charge on any atom is -0.396 e. The molecule has 7 nitrogen and oxygen atoms in total. The molecule has 1 unspecified atom stereocenters. The molecule has 2 N–H and O–H groups in total. The van der Waals surface area contributed by atoms with Crippen molar-refractivity contribution in [3.8, 4) is 0 Å². The molecule has 2 aliphatic rings. The van der Waals surface area contributed by atoms with Crippen molar-refractivity contribution in [3.63, 3.8) is 0 Å². The first kappa shape index (κ1) is 14.3. The molecule has 116 valence electrons. The summed E-state index contributed by atoms with van der Waals surface area (Å²) in [4.78, 5) is 18.0. The van der Waals surface area contributed by atoms with Gasteiger partial charge in [-0.3, -0.25) is 0 Å². The van der Waals surface area contributed by atoms with Gasteiger partial charge in [-0.05, 0) is 31.6 Å². The first-order chi connectivity index (χ1) is 10.3. The summed E-state index contributed by atoms with van der Waals surface area (Å²) in [6.07, 6.45) is 4.55. The highest BCUT2D eigenvalue weighted by Gasteiger charge is 2.24. The van der Waals surface area contributed by atoms with Crippen LogP contribution in [0.25, 0.3) is 0 Å². The van der Waals surface area contributed by atoms with Crippen molar-refractivity contribution >= 4 is 17.8 Å². The predicted molar refractivity (Wildman–Crippen MR) is 82.8 cm³/mol. The third-order valence-electron chi connectivity index (χ3n) is 4.28. The SMILES string of the molecule is CNc1nc(N2CCCC2)nc(N2CCCC(CO)C2)n1. The van der Waals surface area contributed by atoms with Gasteiger partial charge in [0.15, 0.2) is 0 Å². The Morgan fingerprint density at radius 2 is 1.71 bits per heavy atom. The summed E-state index contributed by atoms with van der Waals surface area (Å²) in [6.45, 7) is 4.05. The average molecular weight is 292 g/mol. The number of aliphatic hydroxyl groups is 1. The van der Waals surface area contributed by atoms with E-state index in [2.05, 4.69) is 30.1 Å². The van der Waals surface area contributed by atoms with Crippen LogP contribution in [-0.4, -0.2) is 59.9 Å². The molecular weight excluding hydrogens is 268 g/mol. The summed E-state index contributed by atoms with van der Waals surface area (Å²) in [5.74, 6) is 2.44. The van der Waals surface area contributed by atoms with E-state index < -0.39 is 0 Å². The van der Waals surface area contributed by atoms with Crippen LogP contribution in [0.15, 0.2) is 0 Å². The normalized spacial score (nSPS) is 22.7. The smallest absolute Gasteiger partial charge is 0.231 e. The summed E-state index contributed by atoms with van der Waals surface area (Å²) in [7, 11) is 1.83. The van der Waals surface area contributed by atoms with Gasteiger partial charge in [0, 0.05) is 39.8 Å². The molecule has 2 aliphatic heterocycles. The average Bonchev–Trinajstić information content (AvgIpc) is 3.09. The maximum Gasteiger partial charge on any atom is 0.231 e. The Morgan fingerprint density at radius 1 is 1.05 bits per heavy atom. The Balaban J connectivity index is 1.84. The number of hydrogen-bond acceptors (Lipinski definition) is 7. The Bertz CT molecular complexity index is 477. The molecule has 2 fully saturated rings. The minimum absolute atomic E-state index is 0.236. The van der Waals surface area contributed by atoms with Gasteiger partial charge in [0.1, 0.15) is 0 Å². The van der Waals surface area contributed by atoms with E-state index >= 15 is 0 Å². The fourth-order valence-electron chi connectivity index (χ4n) is 3.06. The van der Waals surface area contributed by atoms with Crippen LogP contribution in [0.1, 0.15) is 25.7 Å². The lowest BCUT2D eigenvalue weighted by Gasteiger charge is -2.32. The largest absolute Gasteiger partial charge is 0.396 e. The monoisotopic (exact) mass is 292 g/mol. The maximum atomic E-state index is 9.38. The van der Waals surface area contributed by atoms with E-state index in [4.69, 9.17) is 0 Å². The number of anilines is 3. The number of aromatic nitrogens is 3. The van der Waals surface area contributed by atoms with Gasteiger partial charge < -0.3 is 20.2 Å². The third-order valence-corrected chi connectivity index (χ3v) is 4.28. The number of aliphatic hydroxyl groups excluding tert-OH is 1. The summed E-state index contributed by atoms with van der Waals surface area (Å²) >= 11 is 0. The molecule has 1 aromatic heterocycles. The van der Waals surface area contributed by atoms with E-state index in [9.17, 15) is 5.11 Å². The van der Waals surface area contributed by atoms with Crippen LogP contribution >= 0.6 is 0 Å². The van der Waals surface area contributed by atoms with Crippen molar-refractivity contribution in [2.45, 2.75) is 25.7 Å². The number of hydrogen-bond donors (Lipinski definition) is 2. The fraction of sp³-hybridized carbons (Fsp3) is 0.786. The van der Waals surface area contributed by atoms with Crippen molar-refractivity contribution in [1.29, 1.82) is 0 Å². The van der Waals surface area contributed by atoms with E-state index in [0.29, 0.717) is 11.9 Å². The van der Waals surface area contributed by atoms with Crippen LogP contribution in [0.4, 0.5) is 17.8 Å². The zero-order valence-corrected chi connectivity index (χ0v) is 12.6. The molecule has 0 amide bonds. The van der Waals surface area contributed by atoms with Crippen LogP contribution in [-0.2, 0) is 0 Å². The lowest BCUT2D eigenvalue weighted by molar-refractivity contribution is 0.208. The summed E-state index contributed by atoms with van der Waals surface area (Å²) in [5.41, 5.74) is 0. The highest BCUT2D eigenvalue weighted by Crippen LogP contribution is 2.24. The molecular formula is C14H24N6O. The Labute approximate surface area is 125 Å². The zero-order chi connectivity index (χ0) is 14.7. The molecule has 2 saturated heterocycles. The number of nitrogens with one attached hydrogen (secondary N) is 1. The quantitative estimate of drug-likeness (QED) is 0.846. The topological polar surface area (TPSA) is 77.4 Å².